The van der Waals surface area contributed by atoms with E-state index in [1.165, 1.54) is 12.1 Å². The molecule has 1 aliphatic heterocycles. The summed E-state index contributed by atoms with van der Waals surface area (Å²) < 4.78 is 0. The zero-order valence-corrected chi connectivity index (χ0v) is 10.6. The van der Waals surface area contributed by atoms with Gasteiger partial charge in [0.05, 0.1) is 8.07 Å². The second kappa shape index (κ2) is 3.60. The molecular weight excluding hydrogens is 208 g/mol. The van der Waals surface area contributed by atoms with Crippen molar-refractivity contribution in [3.8, 4) is 0 Å². The van der Waals surface area contributed by atoms with Gasteiger partial charge in [0.1, 0.15) is 0 Å². The van der Waals surface area contributed by atoms with Gasteiger partial charge in [0, 0.05) is 0 Å². The van der Waals surface area contributed by atoms with Gasteiger partial charge in [0.25, 0.3) is 0 Å². The quantitative estimate of drug-likeness (QED) is 0.653. The highest BCUT2D eigenvalue weighted by molar-refractivity contribution is 6.90. The third kappa shape index (κ3) is 1.52. The minimum absolute atomic E-state index is 1.27. The van der Waals surface area contributed by atoms with Crippen LogP contribution in [0.15, 0.2) is 54.6 Å². The van der Waals surface area contributed by atoms with E-state index >= 15 is 0 Å². The van der Waals surface area contributed by atoms with Gasteiger partial charge in [-0.3, -0.25) is 0 Å². The zero-order valence-electron chi connectivity index (χ0n) is 9.61. The maximum Gasteiger partial charge on any atom is 0.0922 e. The molecule has 0 saturated carbocycles. The Kier molecular flexibility index (Phi) is 2.22. The highest BCUT2D eigenvalue weighted by atomic mass is 28.3. The Morgan fingerprint density at radius 3 is 1.81 bits per heavy atom. The van der Waals surface area contributed by atoms with Gasteiger partial charge in [-0.15, -0.1) is 0 Å². The normalized spacial score (nSPS) is 17.1. The molecule has 3 rings (SSSR count). The molecule has 1 heteroatoms. The molecule has 80 valence electrons. The monoisotopic (exact) mass is 224 g/mol. The van der Waals surface area contributed by atoms with Gasteiger partial charge >= 0.3 is 0 Å². The largest absolute Gasteiger partial charge is 0.0922 e. The maximum absolute atomic E-state index is 2.52. The molecule has 0 aromatic heterocycles. The summed E-state index contributed by atoms with van der Waals surface area (Å²) in [4.78, 5) is 0. The number of fused-ring (bicyclic) bond motifs is 1. The molecule has 0 unspecified atom stereocenters. The molecule has 2 aromatic carbocycles. The zero-order chi connectivity index (χ0) is 11.0. The molecule has 0 aliphatic carbocycles. The predicted octanol–water partition coefficient (Wildman–Crippen LogP) is 2.85. The molecule has 0 spiro atoms. The molecule has 1 heterocycles. The first kappa shape index (κ1) is 9.85. The minimum Gasteiger partial charge on any atom is -0.0647 e. The summed E-state index contributed by atoms with van der Waals surface area (Å²) in [6.45, 7) is 2.52. The van der Waals surface area contributed by atoms with E-state index in [9.17, 15) is 0 Å². The summed E-state index contributed by atoms with van der Waals surface area (Å²) in [5.74, 6) is 0. The highest BCUT2D eigenvalue weighted by Gasteiger charge is 2.36. The molecule has 0 saturated heterocycles. The summed E-state index contributed by atoms with van der Waals surface area (Å²) in [5.41, 5.74) is 3.17. The standard InChI is InChI=1S/C15H16Si/c1-16(15-9-3-2-4-10-15)11-13-7-5-6-8-14(13)12-16/h2-10H,11-12H2,1H3. The minimum atomic E-state index is -1.27. The Morgan fingerprint density at radius 1 is 0.750 bits per heavy atom. The fourth-order valence-electron chi connectivity index (χ4n) is 2.85. The van der Waals surface area contributed by atoms with E-state index in [1.54, 1.807) is 16.3 Å². The molecule has 1 aliphatic rings. The number of hydrogen-bond acceptors (Lipinski definition) is 0. The fourth-order valence-corrected chi connectivity index (χ4v) is 6.75. The Morgan fingerprint density at radius 2 is 1.25 bits per heavy atom. The third-order valence-electron chi connectivity index (χ3n) is 3.75. The molecule has 2 aromatic rings. The van der Waals surface area contributed by atoms with E-state index in [-0.39, 0.29) is 0 Å². The lowest BCUT2D eigenvalue weighted by atomic mass is 10.1. The van der Waals surface area contributed by atoms with E-state index in [0.29, 0.717) is 0 Å². The maximum atomic E-state index is 2.52. The van der Waals surface area contributed by atoms with Crippen LogP contribution in [0.25, 0.3) is 0 Å². The molecular formula is C15H16Si. The fraction of sp³-hybridized carbons (Fsp3) is 0.200. The first-order valence-corrected chi connectivity index (χ1v) is 8.82. The van der Waals surface area contributed by atoms with Gasteiger partial charge in [-0.05, 0) is 23.2 Å². The topological polar surface area (TPSA) is 0 Å². The van der Waals surface area contributed by atoms with Crippen LogP contribution in [0.2, 0.25) is 6.55 Å². The summed E-state index contributed by atoms with van der Waals surface area (Å²) >= 11 is 0. The number of rotatable bonds is 1. The lowest BCUT2D eigenvalue weighted by Gasteiger charge is -2.21. The molecule has 0 N–H and O–H groups in total. The van der Waals surface area contributed by atoms with E-state index in [1.807, 2.05) is 0 Å². The highest BCUT2D eigenvalue weighted by Crippen LogP contribution is 2.28. The van der Waals surface area contributed by atoms with Crippen molar-refractivity contribution in [3.63, 3.8) is 0 Å². The van der Waals surface area contributed by atoms with Crippen molar-refractivity contribution in [1.82, 2.24) is 0 Å². The molecule has 0 fully saturated rings. The van der Waals surface area contributed by atoms with Crippen LogP contribution in [0.5, 0.6) is 0 Å². The molecule has 16 heavy (non-hydrogen) atoms. The summed E-state index contributed by atoms with van der Waals surface area (Å²) in [7, 11) is -1.27. The summed E-state index contributed by atoms with van der Waals surface area (Å²) in [6, 6.07) is 22.7. The van der Waals surface area contributed by atoms with Gasteiger partial charge < -0.3 is 0 Å². The molecule has 0 radical (unpaired) electrons. The summed E-state index contributed by atoms with van der Waals surface area (Å²) in [5, 5.41) is 1.60. The van der Waals surface area contributed by atoms with E-state index in [2.05, 4.69) is 61.1 Å². The van der Waals surface area contributed by atoms with Crippen LogP contribution in [0.3, 0.4) is 0 Å². The van der Waals surface area contributed by atoms with Gasteiger partial charge in [0.15, 0.2) is 0 Å². The SMILES string of the molecule is C[Si]1(c2ccccc2)Cc2ccccc2C1. The first-order chi connectivity index (χ1) is 7.78. The van der Waals surface area contributed by atoms with Crippen LogP contribution >= 0.6 is 0 Å². The van der Waals surface area contributed by atoms with Crippen LogP contribution in [-0.4, -0.2) is 8.07 Å². The first-order valence-electron chi connectivity index (χ1n) is 5.90. The van der Waals surface area contributed by atoms with Gasteiger partial charge in [0.2, 0.25) is 0 Å². The van der Waals surface area contributed by atoms with Crippen molar-refractivity contribution in [2.75, 3.05) is 0 Å². The van der Waals surface area contributed by atoms with Crippen LogP contribution in [0.1, 0.15) is 11.1 Å². The molecule has 0 amide bonds. The Hall–Kier alpha value is -1.34. The van der Waals surface area contributed by atoms with Crippen molar-refractivity contribution in [2.24, 2.45) is 0 Å². The average molecular weight is 224 g/mol. The Balaban J connectivity index is 2.01. The number of benzene rings is 2. The van der Waals surface area contributed by atoms with E-state index in [4.69, 9.17) is 0 Å². The van der Waals surface area contributed by atoms with Crippen LogP contribution < -0.4 is 5.19 Å². The lowest BCUT2D eigenvalue weighted by Crippen LogP contribution is -2.46. The Labute approximate surface area is 98.0 Å². The van der Waals surface area contributed by atoms with Gasteiger partial charge in [-0.1, -0.05) is 66.3 Å². The van der Waals surface area contributed by atoms with Crippen LogP contribution in [0.4, 0.5) is 0 Å². The van der Waals surface area contributed by atoms with Gasteiger partial charge in [-0.25, -0.2) is 0 Å². The van der Waals surface area contributed by atoms with Crippen LogP contribution in [-0.2, 0) is 12.1 Å². The van der Waals surface area contributed by atoms with Crippen molar-refractivity contribution in [3.05, 3.63) is 65.7 Å². The van der Waals surface area contributed by atoms with Crippen molar-refractivity contribution >= 4 is 13.3 Å². The second-order valence-electron chi connectivity index (χ2n) is 5.05. The Bertz CT molecular complexity index is 477. The predicted molar refractivity (Wildman–Crippen MR) is 71.5 cm³/mol. The molecule has 0 nitrogen and oxygen atoms in total. The summed E-state index contributed by atoms with van der Waals surface area (Å²) in [6.07, 6.45) is 0. The average Bonchev–Trinajstić information content (AvgIpc) is 2.68. The van der Waals surface area contributed by atoms with Crippen LogP contribution in [0, 0.1) is 0 Å². The third-order valence-corrected chi connectivity index (χ3v) is 7.80. The van der Waals surface area contributed by atoms with E-state index in [0.717, 1.165) is 0 Å². The van der Waals surface area contributed by atoms with Crippen molar-refractivity contribution in [1.29, 1.82) is 0 Å². The lowest BCUT2D eigenvalue weighted by molar-refractivity contribution is 1.35. The van der Waals surface area contributed by atoms with Gasteiger partial charge in [-0.2, -0.15) is 0 Å². The molecule has 0 bridgehead atoms. The smallest absolute Gasteiger partial charge is 0.0647 e. The molecule has 0 atom stereocenters. The van der Waals surface area contributed by atoms with E-state index < -0.39 is 8.07 Å². The van der Waals surface area contributed by atoms with Crippen molar-refractivity contribution in [2.45, 2.75) is 18.6 Å². The number of hydrogen-bond donors (Lipinski definition) is 0. The second-order valence-corrected chi connectivity index (χ2v) is 9.45. The van der Waals surface area contributed by atoms with Crippen molar-refractivity contribution < 1.29 is 0 Å².